The van der Waals surface area contributed by atoms with Crippen molar-refractivity contribution in [3.05, 3.63) is 65.7 Å². The van der Waals surface area contributed by atoms with Crippen LogP contribution in [0.25, 0.3) is 0 Å². The summed E-state index contributed by atoms with van der Waals surface area (Å²) in [7, 11) is 0. The van der Waals surface area contributed by atoms with Crippen LogP contribution >= 0.6 is 0 Å². The summed E-state index contributed by atoms with van der Waals surface area (Å²) in [5, 5.41) is 15.4. The highest BCUT2D eigenvalue weighted by atomic mass is 16.2. The van der Waals surface area contributed by atoms with E-state index in [9.17, 15) is 10.1 Å². The summed E-state index contributed by atoms with van der Waals surface area (Å²) in [6.45, 7) is 6.16. The minimum absolute atomic E-state index is 0.0772. The SMILES string of the molecule is CCNC(=O)N1CCN(/C(=N\C#N)Nc2ccccc2C)CC1c1ccccc1. The van der Waals surface area contributed by atoms with Crippen molar-refractivity contribution in [3.8, 4) is 6.19 Å². The zero-order valence-electron chi connectivity index (χ0n) is 16.8. The van der Waals surface area contributed by atoms with Crippen molar-refractivity contribution in [2.24, 2.45) is 4.99 Å². The zero-order valence-corrected chi connectivity index (χ0v) is 16.8. The third-order valence-corrected chi connectivity index (χ3v) is 5.00. The molecule has 3 rings (SSSR count). The van der Waals surface area contributed by atoms with Crippen LogP contribution in [-0.2, 0) is 0 Å². The van der Waals surface area contributed by atoms with Gasteiger partial charge in [0.25, 0.3) is 0 Å². The van der Waals surface area contributed by atoms with Gasteiger partial charge in [0.15, 0.2) is 0 Å². The van der Waals surface area contributed by atoms with Crippen molar-refractivity contribution >= 4 is 17.7 Å². The molecule has 0 spiro atoms. The molecule has 1 fully saturated rings. The summed E-state index contributed by atoms with van der Waals surface area (Å²) in [4.78, 5) is 20.5. The number of nitriles is 1. The van der Waals surface area contributed by atoms with Crippen LogP contribution in [0.15, 0.2) is 59.6 Å². The Morgan fingerprint density at radius 1 is 1.17 bits per heavy atom. The number of aliphatic imine (C=N–C) groups is 1. The summed E-state index contributed by atoms with van der Waals surface area (Å²) >= 11 is 0. The van der Waals surface area contributed by atoms with Gasteiger partial charge in [0.2, 0.25) is 12.2 Å². The Labute approximate surface area is 171 Å². The molecule has 7 heteroatoms. The van der Waals surface area contributed by atoms with Crippen molar-refractivity contribution in [1.29, 1.82) is 5.26 Å². The largest absolute Gasteiger partial charge is 0.338 e. The van der Waals surface area contributed by atoms with Crippen molar-refractivity contribution in [3.63, 3.8) is 0 Å². The Bertz CT molecular complexity index is 905. The maximum Gasteiger partial charge on any atom is 0.318 e. The Morgan fingerprint density at radius 2 is 1.90 bits per heavy atom. The summed E-state index contributed by atoms with van der Waals surface area (Å²) in [6, 6.07) is 17.6. The highest BCUT2D eigenvalue weighted by Gasteiger charge is 2.33. The highest BCUT2D eigenvalue weighted by Crippen LogP contribution is 2.26. The number of urea groups is 1. The number of para-hydroxylation sites is 1. The van der Waals surface area contributed by atoms with Gasteiger partial charge in [-0.1, -0.05) is 48.5 Å². The van der Waals surface area contributed by atoms with Crippen LogP contribution in [-0.4, -0.2) is 48.0 Å². The van der Waals surface area contributed by atoms with E-state index in [1.54, 1.807) is 0 Å². The Kier molecular flexibility index (Phi) is 6.69. The minimum atomic E-state index is -0.140. The lowest BCUT2D eigenvalue weighted by atomic mass is 10.0. The number of anilines is 1. The molecule has 0 radical (unpaired) electrons. The molecule has 2 aromatic carbocycles. The molecule has 2 N–H and O–H groups in total. The van der Waals surface area contributed by atoms with Crippen LogP contribution in [0, 0.1) is 18.4 Å². The van der Waals surface area contributed by atoms with Crippen molar-refractivity contribution in [2.75, 3.05) is 31.5 Å². The first-order valence-corrected chi connectivity index (χ1v) is 9.77. The average Bonchev–Trinajstić information content (AvgIpc) is 2.75. The number of hydrogen-bond acceptors (Lipinski definition) is 3. The maximum absolute atomic E-state index is 12.6. The van der Waals surface area contributed by atoms with Gasteiger partial charge in [-0.05, 0) is 31.0 Å². The maximum atomic E-state index is 12.6. The first-order chi connectivity index (χ1) is 14.1. The fourth-order valence-electron chi connectivity index (χ4n) is 3.49. The summed E-state index contributed by atoms with van der Waals surface area (Å²) < 4.78 is 0. The molecule has 1 atom stereocenters. The molecule has 0 aliphatic carbocycles. The lowest BCUT2D eigenvalue weighted by molar-refractivity contribution is 0.127. The van der Waals surface area contributed by atoms with Gasteiger partial charge in [0.1, 0.15) is 0 Å². The van der Waals surface area contributed by atoms with E-state index < -0.39 is 0 Å². The molecule has 0 saturated carbocycles. The fraction of sp³-hybridized carbons (Fsp3) is 0.318. The van der Waals surface area contributed by atoms with E-state index in [0.717, 1.165) is 16.8 Å². The molecule has 150 valence electrons. The van der Waals surface area contributed by atoms with Crippen molar-refractivity contribution in [1.82, 2.24) is 15.1 Å². The molecule has 29 heavy (non-hydrogen) atoms. The van der Waals surface area contributed by atoms with Crippen LogP contribution in [0.4, 0.5) is 10.5 Å². The second-order valence-corrected chi connectivity index (χ2v) is 6.88. The van der Waals surface area contributed by atoms with Crippen LogP contribution in [0.5, 0.6) is 0 Å². The number of nitrogens with zero attached hydrogens (tertiary/aromatic N) is 4. The molecule has 7 nitrogen and oxygen atoms in total. The van der Waals surface area contributed by atoms with E-state index in [-0.39, 0.29) is 12.1 Å². The first-order valence-electron chi connectivity index (χ1n) is 9.77. The number of amides is 2. The summed E-state index contributed by atoms with van der Waals surface area (Å²) in [5.74, 6) is 0.498. The van der Waals surface area contributed by atoms with Gasteiger partial charge in [0.05, 0.1) is 6.04 Å². The first kappa shape index (κ1) is 20.2. The molecule has 1 aliphatic rings. The van der Waals surface area contributed by atoms with Crippen LogP contribution in [0.3, 0.4) is 0 Å². The van der Waals surface area contributed by atoms with Gasteiger partial charge < -0.3 is 20.4 Å². The second kappa shape index (κ2) is 9.60. The lowest BCUT2D eigenvalue weighted by Crippen LogP contribution is -2.55. The molecule has 1 unspecified atom stereocenters. The molecule has 1 saturated heterocycles. The molecule has 2 aromatic rings. The number of piperazine rings is 1. The number of aryl methyl sites for hydroxylation is 1. The van der Waals surface area contributed by atoms with Gasteiger partial charge >= 0.3 is 6.03 Å². The standard InChI is InChI=1S/C22H26N6O/c1-3-24-22(29)28-14-13-27(15-20(28)18-10-5-4-6-11-18)21(25-16-23)26-19-12-8-7-9-17(19)2/h4-12,20H,3,13-15H2,1-2H3,(H,24,29)(H,25,26). The molecule has 1 aliphatic heterocycles. The van der Waals surface area contributed by atoms with Crippen molar-refractivity contribution < 1.29 is 4.79 Å². The van der Waals surface area contributed by atoms with E-state index in [4.69, 9.17) is 0 Å². The van der Waals surface area contributed by atoms with Gasteiger partial charge in [-0.25, -0.2) is 4.79 Å². The fourth-order valence-corrected chi connectivity index (χ4v) is 3.49. The van der Waals surface area contributed by atoms with Crippen LogP contribution < -0.4 is 10.6 Å². The Morgan fingerprint density at radius 3 is 2.59 bits per heavy atom. The van der Waals surface area contributed by atoms with Gasteiger partial charge in [-0.2, -0.15) is 5.26 Å². The number of carbonyl (C=O) groups excluding carboxylic acids is 1. The van der Waals surface area contributed by atoms with E-state index >= 15 is 0 Å². The average molecular weight is 390 g/mol. The second-order valence-electron chi connectivity index (χ2n) is 6.88. The number of benzene rings is 2. The van der Waals surface area contributed by atoms with Crippen molar-refractivity contribution in [2.45, 2.75) is 19.9 Å². The number of rotatable bonds is 3. The van der Waals surface area contributed by atoms with Gasteiger partial charge in [-0.3, -0.25) is 0 Å². The number of nitrogens with one attached hydrogen (secondary N) is 2. The van der Waals surface area contributed by atoms with Gasteiger partial charge in [0, 0.05) is 31.9 Å². The number of guanidine groups is 1. The molecule has 0 bridgehead atoms. The van der Waals surface area contributed by atoms with E-state index in [0.29, 0.717) is 32.1 Å². The van der Waals surface area contributed by atoms with Crippen LogP contribution in [0.2, 0.25) is 0 Å². The minimum Gasteiger partial charge on any atom is -0.338 e. The lowest BCUT2D eigenvalue weighted by Gasteiger charge is -2.42. The predicted molar refractivity (Wildman–Crippen MR) is 114 cm³/mol. The Balaban J connectivity index is 1.86. The van der Waals surface area contributed by atoms with E-state index in [2.05, 4.69) is 15.6 Å². The quantitative estimate of drug-likeness (QED) is 0.478. The molecular weight excluding hydrogens is 364 g/mol. The van der Waals surface area contributed by atoms with Gasteiger partial charge in [-0.15, -0.1) is 4.99 Å². The third-order valence-electron chi connectivity index (χ3n) is 5.00. The summed E-state index contributed by atoms with van der Waals surface area (Å²) in [5.41, 5.74) is 3.03. The number of carbonyl (C=O) groups is 1. The van der Waals surface area contributed by atoms with Crippen LogP contribution in [0.1, 0.15) is 24.1 Å². The highest BCUT2D eigenvalue weighted by molar-refractivity contribution is 5.95. The number of hydrogen-bond donors (Lipinski definition) is 2. The van der Waals surface area contributed by atoms with E-state index in [1.165, 1.54) is 0 Å². The zero-order chi connectivity index (χ0) is 20.6. The normalized spacial score (nSPS) is 16.9. The molecular formula is C22H26N6O. The summed E-state index contributed by atoms with van der Waals surface area (Å²) in [6.07, 6.45) is 1.90. The Hall–Kier alpha value is -3.53. The third kappa shape index (κ3) is 4.85. The predicted octanol–water partition coefficient (Wildman–Crippen LogP) is 3.33. The smallest absolute Gasteiger partial charge is 0.318 e. The molecule has 1 heterocycles. The monoisotopic (exact) mass is 390 g/mol. The topological polar surface area (TPSA) is 83.8 Å². The van der Waals surface area contributed by atoms with E-state index in [1.807, 2.05) is 84.4 Å². The molecule has 2 amide bonds. The molecule has 0 aromatic heterocycles.